The summed E-state index contributed by atoms with van der Waals surface area (Å²) in [6, 6.07) is 8.39. The van der Waals surface area contributed by atoms with Gasteiger partial charge in [0.25, 0.3) is 0 Å². The Morgan fingerprint density at radius 3 is 2.40 bits per heavy atom. The number of carbonyl (C=O) groups is 1. The number of rotatable bonds is 3. The molecule has 0 aromatic heterocycles. The molecule has 2 rings (SSSR count). The molecule has 0 radical (unpaired) electrons. The largest absolute Gasteiger partial charge is 0.341 e. The highest BCUT2D eigenvalue weighted by molar-refractivity contribution is 7.91. The maximum Gasteiger partial charge on any atom is 0.249 e. The molecule has 1 heterocycles. The third kappa shape index (κ3) is 2.77. The van der Waals surface area contributed by atoms with Gasteiger partial charge in [-0.3, -0.25) is 4.79 Å². The molecular formula is C15H19NO3S. The van der Waals surface area contributed by atoms with E-state index in [2.05, 4.69) is 0 Å². The van der Waals surface area contributed by atoms with E-state index in [1.54, 1.807) is 42.3 Å². The number of carbonyl (C=O) groups excluding carboxylic acids is 1. The van der Waals surface area contributed by atoms with Crippen LogP contribution in [0.5, 0.6) is 0 Å². The summed E-state index contributed by atoms with van der Waals surface area (Å²) in [7, 11) is -1.66. The zero-order chi connectivity index (χ0) is 14.9. The van der Waals surface area contributed by atoms with Crippen molar-refractivity contribution in [3.05, 3.63) is 41.5 Å². The van der Waals surface area contributed by atoms with Crippen molar-refractivity contribution in [2.45, 2.75) is 18.7 Å². The monoisotopic (exact) mass is 293 g/mol. The molecule has 1 fully saturated rings. The molecule has 5 heteroatoms. The predicted octanol–water partition coefficient (Wildman–Crippen LogP) is 1.88. The molecule has 1 aliphatic heterocycles. The molecule has 1 saturated heterocycles. The maximum absolute atomic E-state index is 12.4. The minimum atomic E-state index is -3.37. The molecule has 0 bridgehead atoms. The van der Waals surface area contributed by atoms with Crippen LogP contribution >= 0.6 is 0 Å². The highest BCUT2D eigenvalue weighted by Crippen LogP contribution is 2.28. The molecule has 108 valence electrons. The van der Waals surface area contributed by atoms with Crippen molar-refractivity contribution >= 4 is 15.7 Å². The number of hydrogen-bond donors (Lipinski definition) is 0. The molecule has 1 unspecified atom stereocenters. The van der Waals surface area contributed by atoms with Gasteiger partial charge in [-0.05, 0) is 26.0 Å². The normalized spacial score (nSPS) is 19.6. The second-order valence-corrected chi connectivity index (χ2v) is 7.42. The fraction of sp³-hybridized carbons (Fsp3) is 0.400. The number of benzene rings is 1. The quantitative estimate of drug-likeness (QED) is 0.800. The fourth-order valence-electron chi connectivity index (χ4n) is 2.63. The molecule has 0 aliphatic carbocycles. The smallest absolute Gasteiger partial charge is 0.249 e. The minimum Gasteiger partial charge on any atom is -0.341 e. The van der Waals surface area contributed by atoms with Gasteiger partial charge in [0, 0.05) is 25.1 Å². The standard InChI is InChI=1S/C15H19NO3S/c1-11(2)14-12(9-16(3)15(14)17)10-20(18,19)13-7-5-4-6-8-13/h4-8,12H,9-10H2,1-3H3. The van der Waals surface area contributed by atoms with Crippen LogP contribution in [0.25, 0.3) is 0 Å². The van der Waals surface area contributed by atoms with Crippen LogP contribution < -0.4 is 0 Å². The molecule has 1 aromatic rings. The van der Waals surface area contributed by atoms with Gasteiger partial charge in [-0.15, -0.1) is 0 Å². The number of allylic oxidation sites excluding steroid dienone is 1. The van der Waals surface area contributed by atoms with Crippen molar-refractivity contribution in [1.29, 1.82) is 0 Å². The van der Waals surface area contributed by atoms with Gasteiger partial charge in [-0.1, -0.05) is 23.8 Å². The summed E-state index contributed by atoms with van der Waals surface area (Å²) >= 11 is 0. The summed E-state index contributed by atoms with van der Waals surface area (Å²) in [5.74, 6) is -0.325. The average molecular weight is 293 g/mol. The van der Waals surface area contributed by atoms with Gasteiger partial charge >= 0.3 is 0 Å². The molecule has 20 heavy (non-hydrogen) atoms. The topological polar surface area (TPSA) is 54.5 Å². The van der Waals surface area contributed by atoms with E-state index < -0.39 is 9.84 Å². The lowest BCUT2D eigenvalue weighted by Crippen LogP contribution is -2.21. The summed E-state index contributed by atoms with van der Waals surface area (Å²) in [6.07, 6.45) is 0. The molecule has 1 atom stereocenters. The molecular weight excluding hydrogens is 274 g/mol. The van der Waals surface area contributed by atoms with Crippen molar-refractivity contribution in [2.75, 3.05) is 19.3 Å². The van der Waals surface area contributed by atoms with E-state index in [0.717, 1.165) is 5.57 Å². The van der Waals surface area contributed by atoms with Crippen LogP contribution in [0.15, 0.2) is 46.4 Å². The molecule has 1 amide bonds. The van der Waals surface area contributed by atoms with Crippen LogP contribution in [0.3, 0.4) is 0 Å². The highest BCUT2D eigenvalue weighted by Gasteiger charge is 2.36. The van der Waals surface area contributed by atoms with Crippen molar-refractivity contribution in [3.63, 3.8) is 0 Å². The first-order valence-corrected chi connectivity index (χ1v) is 8.19. The number of hydrogen-bond acceptors (Lipinski definition) is 3. The highest BCUT2D eigenvalue weighted by atomic mass is 32.2. The predicted molar refractivity (Wildman–Crippen MR) is 78.0 cm³/mol. The van der Waals surface area contributed by atoms with Gasteiger partial charge < -0.3 is 4.90 Å². The zero-order valence-electron chi connectivity index (χ0n) is 12.0. The Hall–Kier alpha value is -1.62. The van der Waals surface area contributed by atoms with Crippen LogP contribution in [0.4, 0.5) is 0 Å². The van der Waals surface area contributed by atoms with Crippen LogP contribution in [0.1, 0.15) is 13.8 Å². The van der Waals surface area contributed by atoms with Gasteiger partial charge in [-0.2, -0.15) is 0 Å². The van der Waals surface area contributed by atoms with Gasteiger partial charge in [0.05, 0.1) is 10.6 Å². The van der Waals surface area contributed by atoms with Gasteiger partial charge in [0.15, 0.2) is 9.84 Å². The lowest BCUT2D eigenvalue weighted by atomic mass is 10.0. The van der Waals surface area contributed by atoms with Gasteiger partial charge in [0.2, 0.25) is 5.91 Å². The number of likely N-dealkylation sites (tertiary alicyclic amines) is 1. The van der Waals surface area contributed by atoms with Crippen molar-refractivity contribution in [3.8, 4) is 0 Å². The second kappa shape index (κ2) is 5.40. The SMILES string of the molecule is CC(C)=C1C(=O)N(C)CC1CS(=O)(=O)c1ccccc1. The van der Waals surface area contributed by atoms with Crippen molar-refractivity contribution in [1.82, 2.24) is 4.90 Å². The van der Waals surface area contributed by atoms with E-state index in [1.165, 1.54) is 0 Å². The zero-order valence-corrected chi connectivity index (χ0v) is 12.8. The lowest BCUT2D eigenvalue weighted by molar-refractivity contribution is -0.123. The summed E-state index contributed by atoms with van der Waals surface area (Å²) < 4.78 is 24.8. The van der Waals surface area contributed by atoms with Crippen LogP contribution in [-0.2, 0) is 14.6 Å². The summed E-state index contributed by atoms with van der Waals surface area (Å²) in [4.78, 5) is 14.0. The Bertz CT molecular complexity index is 643. The Balaban J connectivity index is 2.31. The summed E-state index contributed by atoms with van der Waals surface area (Å²) in [5, 5.41) is 0. The van der Waals surface area contributed by atoms with E-state index in [0.29, 0.717) is 17.0 Å². The van der Waals surface area contributed by atoms with Crippen LogP contribution in [0.2, 0.25) is 0 Å². The third-order valence-electron chi connectivity index (χ3n) is 3.54. The summed E-state index contributed by atoms with van der Waals surface area (Å²) in [6.45, 7) is 4.18. The van der Waals surface area contributed by atoms with Crippen LogP contribution in [0, 0.1) is 5.92 Å². The Labute approximate surface area is 120 Å². The molecule has 0 saturated carbocycles. The second-order valence-electron chi connectivity index (χ2n) is 5.39. The van der Waals surface area contributed by atoms with E-state index in [4.69, 9.17) is 0 Å². The number of nitrogens with zero attached hydrogens (tertiary/aromatic N) is 1. The first-order chi connectivity index (χ1) is 9.33. The Morgan fingerprint density at radius 1 is 1.25 bits per heavy atom. The van der Waals surface area contributed by atoms with Crippen LogP contribution in [-0.4, -0.2) is 38.6 Å². The average Bonchev–Trinajstić information content (AvgIpc) is 2.65. The molecule has 1 aromatic carbocycles. The minimum absolute atomic E-state index is 0.0202. The van der Waals surface area contributed by atoms with Crippen molar-refractivity contribution in [2.24, 2.45) is 5.92 Å². The molecule has 0 N–H and O–H groups in total. The molecule has 0 spiro atoms. The number of amides is 1. The number of sulfone groups is 1. The number of likely N-dealkylation sites (N-methyl/N-ethyl adjacent to an activating group) is 1. The molecule has 1 aliphatic rings. The Kier molecular flexibility index (Phi) is 3.99. The van der Waals surface area contributed by atoms with E-state index in [9.17, 15) is 13.2 Å². The molecule has 4 nitrogen and oxygen atoms in total. The van der Waals surface area contributed by atoms with E-state index >= 15 is 0 Å². The lowest BCUT2D eigenvalue weighted by Gasteiger charge is -2.12. The third-order valence-corrected chi connectivity index (χ3v) is 5.37. The van der Waals surface area contributed by atoms with E-state index in [-0.39, 0.29) is 17.6 Å². The first-order valence-electron chi connectivity index (χ1n) is 6.53. The first kappa shape index (κ1) is 14.8. The summed E-state index contributed by atoms with van der Waals surface area (Å²) in [5.41, 5.74) is 1.54. The van der Waals surface area contributed by atoms with E-state index in [1.807, 2.05) is 13.8 Å². The fourth-order valence-corrected chi connectivity index (χ4v) is 4.20. The Morgan fingerprint density at radius 2 is 1.85 bits per heavy atom. The van der Waals surface area contributed by atoms with Crippen molar-refractivity contribution < 1.29 is 13.2 Å². The maximum atomic E-state index is 12.4. The van der Waals surface area contributed by atoms with Gasteiger partial charge in [-0.25, -0.2) is 8.42 Å². The van der Waals surface area contributed by atoms with Gasteiger partial charge in [0.1, 0.15) is 0 Å².